The Labute approximate surface area is 137 Å². The molecule has 0 spiro atoms. The van der Waals surface area contributed by atoms with Crippen LogP contribution in [0.1, 0.15) is 50.6 Å². The summed E-state index contributed by atoms with van der Waals surface area (Å²) < 4.78 is 0. The predicted octanol–water partition coefficient (Wildman–Crippen LogP) is 0.879. The van der Waals surface area contributed by atoms with Crippen molar-refractivity contribution in [2.24, 2.45) is 0 Å². The number of carbonyl (C=O) groups excluding carboxylic acids is 1. The highest BCUT2D eigenvalue weighted by molar-refractivity contribution is 5.78. The third-order valence-corrected chi connectivity index (χ3v) is 5.32. The second-order valence-electron chi connectivity index (χ2n) is 7.00. The molecule has 0 unspecified atom stereocenters. The topological polar surface area (TPSA) is 85.4 Å². The molecule has 1 saturated carbocycles. The number of amides is 1. The van der Waals surface area contributed by atoms with Gasteiger partial charge in [-0.2, -0.15) is 15.4 Å². The Balaban J connectivity index is 1.57. The minimum atomic E-state index is -1.01. The zero-order valence-electron chi connectivity index (χ0n) is 13.9. The van der Waals surface area contributed by atoms with Crippen molar-refractivity contribution in [3.63, 3.8) is 0 Å². The Bertz CT molecular complexity index is 515. The van der Waals surface area contributed by atoms with Crippen molar-refractivity contribution in [1.82, 2.24) is 25.2 Å². The van der Waals surface area contributed by atoms with Crippen LogP contribution in [0.15, 0.2) is 6.20 Å². The Kier molecular flexibility index (Phi) is 4.96. The fraction of sp³-hybridized carbons (Fsp3) is 0.812. The molecule has 23 heavy (non-hydrogen) atoms. The number of nitrogens with zero attached hydrogens (tertiary/aromatic N) is 4. The molecular weight excluding hydrogens is 294 g/mol. The Morgan fingerprint density at radius 2 is 2.22 bits per heavy atom. The van der Waals surface area contributed by atoms with Crippen molar-refractivity contribution in [3.05, 3.63) is 11.9 Å². The van der Waals surface area contributed by atoms with Crippen LogP contribution in [0.3, 0.4) is 0 Å². The van der Waals surface area contributed by atoms with Gasteiger partial charge < -0.3 is 10.0 Å². The molecule has 1 aromatic heterocycles. The second-order valence-corrected chi connectivity index (χ2v) is 7.00. The van der Waals surface area contributed by atoms with Crippen molar-refractivity contribution in [2.75, 3.05) is 26.7 Å². The number of piperidine rings is 1. The zero-order chi connectivity index (χ0) is 16.3. The van der Waals surface area contributed by atoms with Crippen LogP contribution in [0.4, 0.5) is 0 Å². The van der Waals surface area contributed by atoms with Crippen LogP contribution >= 0.6 is 0 Å². The number of H-pyrrole nitrogens is 1. The number of carbonyl (C=O) groups is 1. The van der Waals surface area contributed by atoms with E-state index >= 15 is 0 Å². The summed E-state index contributed by atoms with van der Waals surface area (Å²) in [6, 6.07) is 0.385. The van der Waals surface area contributed by atoms with Crippen LogP contribution in [-0.2, 0) is 10.4 Å². The normalized spacial score (nSPS) is 27.0. The van der Waals surface area contributed by atoms with Gasteiger partial charge in [-0.25, -0.2) is 0 Å². The highest BCUT2D eigenvalue weighted by Crippen LogP contribution is 2.29. The molecular formula is C16H27N5O2. The lowest BCUT2D eigenvalue weighted by Gasteiger charge is -2.39. The van der Waals surface area contributed by atoms with E-state index in [1.165, 1.54) is 19.3 Å². The average molecular weight is 321 g/mol. The maximum absolute atomic E-state index is 12.6. The van der Waals surface area contributed by atoms with Gasteiger partial charge in [0.25, 0.3) is 0 Å². The number of rotatable bonds is 4. The summed E-state index contributed by atoms with van der Waals surface area (Å²) in [6.45, 7) is 1.64. The van der Waals surface area contributed by atoms with E-state index < -0.39 is 5.60 Å². The Morgan fingerprint density at radius 1 is 1.43 bits per heavy atom. The van der Waals surface area contributed by atoms with E-state index in [0.717, 1.165) is 25.8 Å². The molecule has 7 heteroatoms. The molecule has 0 radical (unpaired) electrons. The van der Waals surface area contributed by atoms with E-state index in [9.17, 15) is 9.90 Å². The van der Waals surface area contributed by atoms with Crippen LogP contribution in [0, 0.1) is 0 Å². The summed E-state index contributed by atoms with van der Waals surface area (Å²) in [5.74, 6) is 0.154. The molecule has 2 heterocycles. The van der Waals surface area contributed by atoms with Gasteiger partial charge in [0.2, 0.25) is 5.91 Å². The van der Waals surface area contributed by atoms with E-state index in [2.05, 4.69) is 15.4 Å². The molecule has 1 atom stereocenters. The zero-order valence-corrected chi connectivity index (χ0v) is 13.9. The van der Waals surface area contributed by atoms with Crippen LogP contribution in [0.25, 0.3) is 0 Å². The first-order valence-corrected chi connectivity index (χ1v) is 8.65. The number of likely N-dealkylation sites (N-methyl/N-ethyl adjacent to an activating group) is 1. The molecule has 1 aliphatic carbocycles. The lowest BCUT2D eigenvalue weighted by molar-refractivity contribution is -0.135. The lowest BCUT2D eigenvalue weighted by Crippen LogP contribution is -2.51. The first-order valence-electron chi connectivity index (χ1n) is 8.65. The molecule has 1 aromatic rings. The summed E-state index contributed by atoms with van der Waals surface area (Å²) >= 11 is 0. The van der Waals surface area contributed by atoms with Crippen molar-refractivity contribution in [3.8, 4) is 0 Å². The third kappa shape index (κ3) is 3.72. The van der Waals surface area contributed by atoms with E-state index in [4.69, 9.17) is 0 Å². The van der Waals surface area contributed by atoms with Gasteiger partial charge in [0.05, 0.1) is 12.7 Å². The van der Waals surface area contributed by atoms with Gasteiger partial charge in [0.1, 0.15) is 11.3 Å². The first kappa shape index (κ1) is 16.4. The van der Waals surface area contributed by atoms with Crippen LogP contribution < -0.4 is 0 Å². The summed E-state index contributed by atoms with van der Waals surface area (Å²) in [5.41, 5.74) is -0.440. The molecule has 7 nitrogen and oxygen atoms in total. The van der Waals surface area contributed by atoms with E-state index in [1.54, 1.807) is 6.20 Å². The highest BCUT2D eigenvalue weighted by atomic mass is 16.3. The number of hydrogen-bond donors (Lipinski definition) is 2. The maximum atomic E-state index is 12.6. The fourth-order valence-electron chi connectivity index (χ4n) is 3.87. The minimum Gasteiger partial charge on any atom is -0.382 e. The van der Waals surface area contributed by atoms with Crippen molar-refractivity contribution < 1.29 is 9.90 Å². The Morgan fingerprint density at radius 3 is 2.91 bits per heavy atom. The van der Waals surface area contributed by atoms with Crippen molar-refractivity contribution in [1.29, 1.82) is 0 Å². The first-order chi connectivity index (χ1) is 11.1. The average Bonchev–Trinajstić information content (AvgIpc) is 3.10. The number of hydrogen-bond acceptors (Lipinski definition) is 5. The second kappa shape index (κ2) is 6.97. The molecule has 1 amide bonds. The summed E-state index contributed by atoms with van der Waals surface area (Å²) in [4.78, 5) is 16.5. The van der Waals surface area contributed by atoms with Gasteiger partial charge in [-0.15, -0.1) is 0 Å². The smallest absolute Gasteiger partial charge is 0.236 e. The summed E-state index contributed by atoms with van der Waals surface area (Å²) in [5, 5.41) is 21.2. The lowest BCUT2D eigenvalue weighted by atomic mass is 9.90. The van der Waals surface area contributed by atoms with Gasteiger partial charge in [0, 0.05) is 19.6 Å². The maximum Gasteiger partial charge on any atom is 0.236 e. The third-order valence-electron chi connectivity index (χ3n) is 5.32. The minimum absolute atomic E-state index is 0.154. The number of likely N-dealkylation sites (tertiary alicyclic amines) is 1. The number of aliphatic hydroxyl groups is 1. The van der Waals surface area contributed by atoms with Crippen LogP contribution in [0.5, 0.6) is 0 Å². The number of nitrogens with one attached hydrogen (secondary N) is 1. The summed E-state index contributed by atoms with van der Waals surface area (Å²) in [6.07, 6.45) is 9.04. The SMILES string of the molecule is CN(C(=O)CN1CCC[C@@](O)(c2cn[nH]n2)C1)C1CCCCC1. The van der Waals surface area contributed by atoms with Crippen molar-refractivity contribution in [2.45, 2.75) is 56.6 Å². The molecule has 2 fully saturated rings. The van der Waals surface area contributed by atoms with Gasteiger partial charge in [-0.1, -0.05) is 19.3 Å². The Hall–Kier alpha value is -1.47. The standard InChI is InChI=1S/C16H27N5O2/c1-20(13-6-3-2-4-7-13)15(22)11-21-9-5-8-16(23,12-21)14-10-17-19-18-14/h10,13,23H,2-9,11-12H2,1H3,(H,17,18,19)/t16-/m0/s1. The quantitative estimate of drug-likeness (QED) is 0.860. The molecule has 2 N–H and O–H groups in total. The fourth-order valence-corrected chi connectivity index (χ4v) is 3.87. The van der Waals surface area contributed by atoms with Gasteiger partial charge in [-0.05, 0) is 32.2 Å². The van der Waals surface area contributed by atoms with E-state index in [1.807, 2.05) is 16.8 Å². The molecule has 3 rings (SSSR count). The number of β-amino-alcohol motifs (C(OH)–C–C–N with tert-alkyl or cyclic N) is 1. The molecule has 2 aliphatic rings. The molecule has 1 saturated heterocycles. The molecule has 128 valence electrons. The number of aromatic nitrogens is 3. The van der Waals surface area contributed by atoms with Crippen LogP contribution in [0.2, 0.25) is 0 Å². The largest absolute Gasteiger partial charge is 0.382 e. The van der Waals surface area contributed by atoms with Crippen LogP contribution in [-0.4, -0.2) is 68.9 Å². The molecule has 0 bridgehead atoms. The van der Waals surface area contributed by atoms with E-state index in [0.29, 0.717) is 31.2 Å². The van der Waals surface area contributed by atoms with Crippen molar-refractivity contribution >= 4 is 5.91 Å². The molecule has 0 aromatic carbocycles. The summed E-state index contributed by atoms with van der Waals surface area (Å²) in [7, 11) is 1.92. The van der Waals surface area contributed by atoms with Gasteiger partial charge in [-0.3, -0.25) is 9.69 Å². The monoisotopic (exact) mass is 321 g/mol. The highest BCUT2D eigenvalue weighted by Gasteiger charge is 2.38. The van der Waals surface area contributed by atoms with Gasteiger partial charge in [0.15, 0.2) is 0 Å². The molecule has 1 aliphatic heterocycles. The van der Waals surface area contributed by atoms with Gasteiger partial charge >= 0.3 is 0 Å². The number of aromatic amines is 1. The van der Waals surface area contributed by atoms with E-state index in [-0.39, 0.29) is 5.91 Å². The predicted molar refractivity (Wildman–Crippen MR) is 85.6 cm³/mol.